The SMILES string of the molecule is O=C(Cc1ccoc1)N1CCc2nccc(Br)c2C1. The molecule has 3 rings (SSSR count). The van der Waals surface area contributed by atoms with E-state index < -0.39 is 0 Å². The zero-order chi connectivity index (χ0) is 13.2. The Balaban J connectivity index is 1.75. The third-order valence-electron chi connectivity index (χ3n) is 3.34. The largest absolute Gasteiger partial charge is 0.472 e. The highest BCUT2D eigenvalue weighted by Gasteiger charge is 2.23. The van der Waals surface area contributed by atoms with Crippen molar-refractivity contribution in [1.82, 2.24) is 9.88 Å². The monoisotopic (exact) mass is 320 g/mol. The molecule has 0 atom stereocenters. The van der Waals surface area contributed by atoms with Crippen LogP contribution in [0.15, 0.2) is 39.7 Å². The molecule has 0 unspecified atom stereocenters. The fourth-order valence-corrected chi connectivity index (χ4v) is 2.77. The molecule has 0 aromatic carbocycles. The Labute approximate surface area is 119 Å². The second kappa shape index (κ2) is 5.17. The van der Waals surface area contributed by atoms with E-state index in [0.29, 0.717) is 13.0 Å². The number of hydrogen-bond acceptors (Lipinski definition) is 3. The maximum atomic E-state index is 12.2. The van der Waals surface area contributed by atoms with Crippen molar-refractivity contribution >= 4 is 21.8 Å². The molecule has 0 spiro atoms. The molecule has 5 heteroatoms. The van der Waals surface area contributed by atoms with Crippen LogP contribution < -0.4 is 0 Å². The standard InChI is InChI=1S/C14H13BrN2O2/c15-12-1-4-16-13-2-5-17(8-11(12)13)14(18)7-10-3-6-19-9-10/h1,3-4,6,9H,2,5,7-8H2. The van der Waals surface area contributed by atoms with Crippen LogP contribution in [0.25, 0.3) is 0 Å². The molecule has 0 radical (unpaired) electrons. The van der Waals surface area contributed by atoms with Crippen molar-refractivity contribution in [2.24, 2.45) is 0 Å². The first-order chi connectivity index (χ1) is 9.24. The van der Waals surface area contributed by atoms with E-state index in [4.69, 9.17) is 4.42 Å². The lowest BCUT2D eigenvalue weighted by Crippen LogP contribution is -2.37. The molecule has 2 aromatic heterocycles. The van der Waals surface area contributed by atoms with Gasteiger partial charge >= 0.3 is 0 Å². The van der Waals surface area contributed by atoms with Crippen LogP contribution in [0.4, 0.5) is 0 Å². The van der Waals surface area contributed by atoms with Crippen LogP contribution in [0, 0.1) is 0 Å². The molecular formula is C14H13BrN2O2. The van der Waals surface area contributed by atoms with E-state index in [-0.39, 0.29) is 5.91 Å². The molecule has 0 bridgehead atoms. The molecule has 0 fully saturated rings. The molecule has 0 saturated carbocycles. The Bertz CT molecular complexity index is 595. The Kier molecular flexibility index (Phi) is 3.38. The topological polar surface area (TPSA) is 46.3 Å². The van der Waals surface area contributed by atoms with Crippen LogP contribution in [-0.4, -0.2) is 22.3 Å². The summed E-state index contributed by atoms with van der Waals surface area (Å²) in [7, 11) is 0. The summed E-state index contributed by atoms with van der Waals surface area (Å²) in [6.07, 6.45) is 6.21. The van der Waals surface area contributed by atoms with Gasteiger partial charge in [0.15, 0.2) is 0 Å². The number of pyridine rings is 1. The first-order valence-electron chi connectivity index (χ1n) is 6.15. The first-order valence-corrected chi connectivity index (χ1v) is 6.94. The van der Waals surface area contributed by atoms with E-state index in [9.17, 15) is 4.79 Å². The zero-order valence-corrected chi connectivity index (χ0v) is 11.9. The van der Waals surface area contributed by atoms with E-state index >= 15 is 0 Å². The average molecular weight is 321 g/mol. The fraction of sp³-hybridized carbons (Fsp3) is 0.286. The Hall–Kier alpha value is -1.62. The summed E-state index contributed by atoms with van der Waals surface area (Å²) in [5.41, 5.74) is 3.12. The Morgan fingerprint density at radius 2 is 2.37 bits per heavy atom. The normalized spacial score (nSPS) is 14.3. The summed E-state index contributed by atoms with van der Waals surface area (Å²) in [5, 5.41) is 0. The van der Waals surface area contributed by atoms with Crippen molar-refractivity contribution in [2.75, 3.05) is 6.54 Å². The minimum Gasteiger partial charge on any atom is -0.472 e. The maximum absolute atomic E-state index is 12.2. The molecule has 0 N–H and O–H groups in total. The number of rotatable bonds is 2. The summed E-state index contributed by atoms with van der Waals surface area (Å²) in [5.74, 6) is 0.128. The van der Waals surface area contributed by atoms with Crippen molar-refractivity contribution in [3.8, 4) is 0 Å². The Morgan fingerprint density at radius 1 is 1.47 bits per heavy atom. The van der Waals surface area contributed by atoms with Crippen LogP contribution in [0.2, 0.25) is 0 Å². The van der Waals surface area contributed by atoms with E-state index in [1.165, 1.54) is 0 Å². The second-order valence-corrected chi connectivity index (χ2v) is 5.45. The quantitative estimate of drug-likeness (QED) is 0.854. The molecule has 1 aliphatic heterocycles. The van der Waals surface area contributed by atoms with Crippen molar-refractivity contribution in [1.29, 1.82) is 0 Å². The van der Waals surface area contributed by atoms with Crippen LogP contribution >= 0.6 is 15.9 Å². The summed E-state index contributed by atoms with van der Waals surface area (Å²) in [6, 6.07) is 3.75. The second-order valence-electron chi connectivity index (χ2n) is 4.59. The van der Waals surface area contributed by atoms with Crippen molar-refractivity contribution in [2.45, 2.75) is 19.4 Å². The smallest absolute Gasteiger partial charge is 0.227 e. The van der Waals surface area contributed by atoms with Gasteiger partial charge in [0.05, 0.1) is 18.9 Å². The van der Waals surface area contributed by atoms with E-state index in [0.717, 1.165) is 34.3 Å². The van der Waals surface area contributed by atoms with Crippen molar-refractivity contribution in [3.05, 3.63) is 52.1 Å². The van der Waals surface area contributed by atoms with Crippen LogP contribution in [0.3, 0.4) is 0 Å². The number of aromatic nitrogens is 1. The molecule has 3 heterocycles. The third-order valence-corrected chi connectivity index (χ3v) is 4.09. The van der Waals surface area contributed by atoms with Gasteiger partial charge in [-0.1, -0.05) is 15.9 Å². The van der Waals surface area contributed by atoms with Crippen molar-refractivity contribution < 1.29 is 9.21 Å². The van der Waals surface area contributed by atoms with Crippen LogP contribution in [-0.2, 0) is 24.2 Å². The number of furan rings is 1. The summed E-state index contributed by atoms with van der Waals surface area (Å²) >= 11 is 3.53. The molecule has 4 nitrogen and oxygen atoms in total. The molecule has 98 valence electrons. The lowest BCUT2D eigenvalue weighted by Gasteiger charge is -2.28. The third kappa shape index (κ3) is 2.56. The van der Waals surface area contributed by atoms with Crippen molar-refractivity contribution in [3.63, 3.8) is 0 Å². The van der Waals surface area contributed by atoms with Gasteiger partial charge in [-0.2, -0.15) is 0 Å². The molecule has 19 heavy (non-hydrogen) atoms. The average Bonchev–Trinajstić information content (AvgIpc) is 2.92. The number of fused-ring (bicyclic) bond motifs is 1. The summed E-state index contributed by atoms with van der Waals surface area (Å²) in [4.78, 5) is 18.5. The lowest BCUT2D eigenvalue weighted by atomic mass is 10.0. The predicted octanol–water partition coefficient (Wildman–Crippen LogP) is 2.56. The minimum absolute atomic E-state index is 0.128. The zero-order valence-electron chi connectivity index (χ0n) is 10.3. The van der Waals surface area contributed by atoms with Gasteiger partial charge in [0.2, 0.25) is 5.91 Å². The highest BCUT2D eigenvalue weighted by Crippen LogP contribution is 2.25. The molecule has 0 aliphatic carbocycles. The lowest BCUT2D eigenvalue weighted by molar-refractivity contribution is -0.131. The van der Waals surface area contributed by atoms with E-state index in [1.54, 1.807) is 18.7 Å². The summed E-state index contributed by atoms with van der Waals surface area (Å²) in [6.45, 7) is 1.35. The van der Waals surface area contributed by atoms with Crippen LogP contribution in [0.5, 0.6) is 0 Å². The number of carbonyl (C=O) groups is 1. The fourth-order valence-electron chi connectivity index (χ4n) is 2.29. The van der Waals surface area contributed by atoms with Gasteiger partial charge in [-0.15, -0.1) is 0 Å². The number of amides is 1. The van der Waals surface area contributed by atoms with Gasteiger partial charge in [-0.05, 0) is 17.7 Å². The Morgan fingerprint density at radius 3 is 3.16 bits per heavy atom. The molecule has 1 amide bonds. The minimum atomic E-state index is 0.128. The molecular weight excluding hydrogens is 308 g/mol. The number of carbonyl (C=O) groups excluding carboxylic acids is 1. The maximum Gasteiger partial charge on any atom is 0.227 e. The van der Waals surface area contributed by atoms with Gasteiger partial charge in [0, 0.05) is 41.4 Å². The van der Waals surface area contributed by atoms with Crippen LogP contribution in [0.1, 0.15) is 16.8 Å². The number of halogens is 1. The highest BCUT2D eigenvalue weighted by atomic mass is 79.9. The predicted molar refractivity (Wildman–Crippen MR) is 73.5 cm³/mol. The van der Waals surface area contributed by atoms with E-state index in [1.807, 2.05) is 17.0 Å². The van der Waals surface area contributed by atoms with Gasteiger partial charge in [-0.25, -0.2) is 0 Å². The number of hydrogen-bond donors (Lipinski definition) is 0. The van der Waals surface area contributed by atoms with Gasteiger partial charge in [0.25, 0.3) is 0 Å². The van der Waals surface area contributed by atoms with Gasteiger partial charge in [-0.3, -0.25) is 9.78 Å². The van der Waals surface area contributed by atoms with Gasteiger partial charge < -0.3 is 9.32 Å². The first kappa shape index (κ1) is 12.4. The highest BCUT2D eigenvalue weighted by molar-refractivity contribution is 9.10. The molecule has 2 aromatic rings. The summed E-state index contributed by atoms with van der Waals surface area (Å²) < 4.78 is 6.02. The molecule has 0 saturated heterocycles. The van der Waals surface area contributed by atoms with Gasteiger partial charge in [0.1, 0.15) is 0 Å². The number of nitrogens with zero attached hydrogens (tertiary/aromatic N) is 2. The van der Waals surface area contributed by atoms with E-state index in [2.05, 4.69) is 20.9 Å². The molecule has 1 aliphatic rings.